The van der Waals surface area contributed by atoms with Gasteiger partial charge in [-0.25, -0.2) is 0 Å². The molecule has 2 rings (SSSR count). The Morgan fingerprint density at radius 3 is 2.88 bits per heavy atom. The summed E-state index contributed by atoms with van der Waals surface area (Å²) in [6.07, 6.45) is 5.91. The van der Waals surface area contributed by atoms with E-state index in [1.807, 2.05) is 18.2 Å². The molecule has 0 unspecified atom stereocenters. The molecule has 1 heterocycles. The van der Waals surface area contributed by atoms with Gasteiger partial charge in [0.25, 0.3) is 0 Å². The molecule has 1 fully saturated rings. The van der Waals surface area contributed by atoms with Crippen molar-refractivity contribution in [3.8, 4) is 0 Å². The second-order valence-electron chi connectivity index (χ2n) is 4.47. The van der Waals surface area contributed by atoms with Crippen LogP contribution in [0.1, 0.15) is 24.8 Å². The summed E-state index contributed by atoms with van der Waals surface area (Å²) < 4.78 is 5.67. The van der Waals surface area contributed by atoms with Gasteiger partial charge in [-0.05, 0) is 37.9 Å². The van der Waals surface area contributed by atoms with Crippen LogP contribution in [0.2, 0.25) is 0 Å². The molecule has 0 spiro atoms. The third-order valence-corrected chi connectivity index (χ3v) is 3.08. The number of hydrogen-bond acceptors (Lipinski definition) is 2. The van der Waals surface area contributed by atoms with Crippen LogP contribution >= 0.6 is 0 Å². The van der Waals surface area contributed by atoms with Crippen molar-refractivity contribution in [3.05, 3.63) is 47.5 Å². The maximum Gasteiger partial charge on any atom is 0.0721 e. The van der Waals surface area contributed by atoms with Gasteiger partial charge in [-0.3, -0.25) is 0 Å². The normalized spacial score (nSPS) is 19.2. The highest BCUT2D eigenvalue weighted by Crippen LogP contribution is 2.11. The van der Waals surface area contributed by atoms with E-state index >= 15 is 0 Å². The third-order valence-electron chi connectivity index (χ3n) is 3.08. The standard InChI is InChI=1S/C15H21NO/c1-2-5-15(6-3-1)13-17-12-9-14-7-4-10-16-11-8-14/h1-3,5-6,9,16H,4,7-8,10-13H2/b14-9-. The van der Waals surface area contributed by atoms with Crippen molar-refractivity contribution in [2.24, 2.45) is 0 Å². The molecule has 0 atom stereocenters. The Bertz CT molecular complexity index is 335. The topological polar surface area (TPSA) is 21.3 Å². The maximum atomic E-state index is 5.67. The van der Waals surface area contributed by atoms with Crippen molar-refractivity contribution in [3.63, 3.8) is 0 Å². The Morgan fingerprint density at radius 2 is 2.00 bits per heavy atom. The van der Waals surface area contributed by atoms with Crippen LogP contribution in [0.4, 0.5) is 0 Å². The van der Waals surface area contributed by atoms with Crippen LogP contribution < -0.4 is 5.32 Å². The summed E-state index contributed by atoms with van der Waals surface area (Å²) in [5.41, 5.74) is 2.79. The van der Waals surface area contributed by atoms with Crippen LogP contribution in [0, 0.1) is 0 Å². The molecule has 1 aliphatic rings. The number of nitrogens with one attached hydrogen (secondary N) is 1. The average molecular weight is 231 g/mol. The lowest BCUT2D eigenvalue weighted by molar-refractivity contribution is 0.148. The van der Waals surface area contributed by atoms with E-state index in [-0.39, 0.29) is 0 Å². The van der Waals surface area contributed by atoms with Crippen LogP contribution in [0.15, 0.2) is 42.0 Å². The van der Waals surface area contributed by atoms with Gasteiger partial charge in [0.1, 0.15) is 0 Å². The fourth-order valence-electron chi connectivity index (χ4n) is 2.07. The molecule has 0 aliphatic carbocycles. The van der Waals surface area contributed by atoms with Crippen molar-refractivity contribution in [1.82, 2.24) is 5.32 Å². The van der Waals surface area contributed by atoms with Gasteiger partial charge < -0.3 is 10.1 Å². The predicted molar refractivity (Wildman–Crippen MR) is 70.9 cm³/mol. The number of ether oxygens (including phenoxy) is 1. The molecule has 0 amide bonds. The van der Waals surface area contributed by atoms with Gasteiger partial charge in [-0.15, -0.1) is 0 Å². The third kappa shape index (κ3) is 4.72. The van der Waals surface area contributed by atoms with Gasteiger partial charge >= 0.3 is 0 Å². The first-order valence-corrected chi connectivity index (χ1v) is 6.45. The molecule has 0 radical (unpaired) electrons. The first-order valence-electron chi connectivity index (χ1n) is 6.45. The summed E-state index contributed by atoms with van der Waals surface area (Å²) in [4.78, 5) is 0. The summed E-state index contributed by atoms with van der Waals surface area (Å²) in [5.74, 6) is 0. The molecule has 0 bridgehead atoms. The quantitative estimate of drug-likeness (QED) is 0.635. The average Bonchev–Trinajstić information content (AvgIpc) is 2.65. The minimum absolute atomic E-state index is 0.711. The van der Waals surface area contributed by atoms with Crippen molar-refractivity contribution < 1.29 is 4.74 Å². The molecule has 1 aromatic carbocycles. The minimum Gasteiger partial charge on any atom is -0.373 e. The summed E-state index contributed by atoms with van der Waals surface area (Å²) in [5, 5.41) is 3.41. The highest BCUT2D eigenvalue weighted by atomic mass is 16.5. The molecule has 2 heteroatoms. The monoisotopic (exact) mass is 231 g/mol. The van der Waals surface area contributed by atoms with Crippen LogP contribution in [0.25, 0.3) is 0 Å². The minimum atomic E-state index is 0.711. The van der Waals surface area contributed by atoms with E-state index in [9.17, 15) is 0 Å². The van der Waals surface area contributed by atoms with Crippen molar-refractivity contribution >= 4 is 0 Å². The maximum absolute atomic E-state index is 5.67. The molecule has 1 aromatic rings. The number of benzene rings is 1. The Morgan fingerprint density at radius 1 is 1.12 bits per heavy atom. The molecule has 0 saturated carbocycles. The summed E-state index contributed by atoms with van der Waals surface area (Å²) in [6.45, 7) is 3.72. The summed E-state index contributed by atoms with van der Waals surface area (Å²) >= 11 is 0. The summed E-state index contributed by atoms with van der Waals surface area (Å²) in [6, 6.07) is 10.3. The van der Waals surface area contributed by atoms with E-state index in [1.54, 1.807) is 5.57 Å². The van der Waals surface area contributed by atoms with Gasteiger partial charge in [0.05, 0.1) is 13.2 Å². The number of rotatable bonds is 4. The molecule has 0 aromatic heterocycles. The zero-order chi connectivity index (χ0) is 11.8. The molecule has 1 N–H and O–H groups in total. The Hall–Kier alpha value is -1.12. The van der Waals surface area contributed by atoms with E-state index in [1.165, 1.54) is 24.8 Å². The van der Waals surface area contributed by atoms with E-state index in [4.69, 9.17) is 4.74 Å². The lowest BCUT2D eigenvalue weighted by atomic mass is 10.1. The van der Waals surface area contributed by atoms with Gasteiger partial charge in [-0.1, -0.05) is 42.0 Å². The van der Waals surface area contributed by atoms with Crippen LogP contribution in [-0.2, 0) is 11.3 Å². The summed E-state index contributed by atoms with van der Waals surface area (Å²) in [7, 11) is 0. The van der Waals surface area contributed by atoms with Crippen molar-refractivity contribution in [2.75, 3.05) is 19.7 Å². The second-order valence-corrected chi connectivity index (χ2v) is 4.47. The first-order chi connectivity index (χ1) is 8.45. The molecular weight excluding hydrogens is 210 g/mol. The largest absolute Gasteiger partial charge is 0.373 e. The first kappa shape index (κ1) is 12.3. The zero-order valence-electron chi connectivity index (χ0n) is 10.3. The SMILES string of the molecule is C(/COCc1ccccc1)=C1\CCCNCC1. The smallest absolute Gasteiger partial charge is 0.0721 e. The molecule has 1 aliphatic heterocycles. The molecule has 17 heavy (non-hydrogen) atoms. The van der Waals surface area contributed by atoms with Gasteiger partial charge in [-0.2, -0.15) is 0 Å². The Kier molecular flexibility index (Phi) is 5.27. The van der Waals surface area contributed by atoms with E-state index in [0.717, 1.165) is 19.7 Å². The molecular formula is C15H21NO. The van der Waals surface area contributed by atoms with Gasteiger partial charge in [0.2, 0.25) is 0 Å². The van der Waals surface area contributed by atoms with Crippen molar-refractivity contribution in [2.45, 2.75) is 25.9 Å². The number of hydrogen-bond donors (Lipinski definition) is 1. The Balaban J connectivity index is 1.69. The van der Waals surface area contributed by atoms with E-state index in [2.05, 4.69) is 23.5 Å². The van der Waals surface area contributed by atoms with Crippen LogP contribution in [-0.4, -0.2) is 19.7 Å². The van der Waals surface area contributed by atoms with E-state index in [0.29, 0.717) is 6.61 Å². The van der Waals surface area contributed by atoms with Gasteiger partial charge in [0, 0.05) is 0 Å². The van der Waals surface area contributed by atoms with Crippen LogP contribution in [0.3, 0.4) is 0 Å². The lowest BCUT2D eigenvalue weighted by Gasteiger charge is -2.04. The molecule has 92 valence electrons. The lowest BCUT2D eigenvalue weighted by Crippen LogP contribution is -2.13. The second kappa shape index (κ2) is 7.25. The highest BCUT2D eigenvalue weighted by Gasteiger charge is 2.02. The molecule has 2 nitrogen and oxygen atoms in total. The van der Waals surface area contributed by atoms with Gasteiger partial charge in [0.15, 0.2) is 0 Å². The van der Waals surface area contributed by atoms with E-state index < -0.39 is 0 Å². The zero-order valence-corrected chi connectivity index (χ0v) is 10.3. The van der Waals surface area contributed by atoms with Crippen molar-refractivity contribution in [1.29, 1.82) is 0 Å². The predicted octanol–water partition coefficient (Wildman–Crippen LogP) is 2.90. The molecule has 1 saturated heterocycles. The fraction of sp³-hybridized carbons (Fsp3) is 0.467. The fourth-order valence-corrected chi connectivity index (χ4v) is 2.07. The highest BCUT2D eigenvalue weighted by molar-refractivity contribution is 5.13. The van der Waals surface area contributed by atoms with Crippen LogP contribution in [0.5, 0.6) is 0 Å². The Labute approximate surface area is 104 Å².